The fraction of sp³-hybridized carbons (Fsp3) is 0.357. The molecule has 3 amide bonds. The van der Waals surface area contributed by atoms with E-state index in [1.54, 1.807) is 30.0 Å². The molecule has 1 saturated heterocycles. The highest BCUT2D eigenvalue weighted by atomic mass is 32.2. The molecule has 2 aliphatic carbocycles. The summed E-state index contributed by atoms with van der Waals surface area (Å²) in [7, 11) is 0. The number of aromatic nitrogens is 1. The van der Waals surface area contributed by atoms with Crippen LogP contribution in [0, 0.1) is 42.3 Å². The zero-order valence-corrected chi connectivity index (χ0v) is 22.0. The van der Waals surface area contributed by atoms with Crippen molar-refractivity contribution in [2.45, 2.75) is 29.5 Å². The molecule has 7 atom stereocenters. The molecule has 3 fully saturated rings. The first-order valence-electron chi connectivity index (χ1n) is 12.7. The average Bonchev–Trinajstić information content (AvgIpc) is 3.60. The van der Waals surface area contributed by atoms with Crippen LogP contribution >= 0.6 is 23.1 Å². The van der Waals surface area contributed by atoms with E-state index < -0.39 is 17.7 Å². The maximum absolute atomic E-state index is 13.8. The predicted octanol–water partition coefficient (Wildman–Crippen LogP) is 4.00. The van der Waals surface area contributed by atoms with Crippen molar-refractivity contribution in [3.05, 3.63) is 80.0 Å². The van der Waals surface area contributed by atoms with Gasteiger partial charge in [0.25, 0.3) is 0 Å². The van der Waals surface area contributed by atoms with E-state index in [9.17, 15) is 23.6 Å². The van der Waals surface area contributed by atoms with Gasteiger partial charge in [-0.3, -0.25) is 24.1 Å². The second-order valence-corrected chi connectivity index (χ2v) is 12.9. The molecule has 194 valence electrons. The Balaban J connectivity index is 1.19. The molecule has 4 aliphatic rings. The van der Waals surface area contributed by atoms with Gasteiger partial charge < -0.3 is 10.3 Å². The van der Waals surface area contributed by atoms with E-state index in [4.69, 9.17) is 0 Å². The Kier molecular flexibility index (Phi) is 5.42. The molecular formula is C28H24FN3O4S2. The van der Waals surface area contributed by atoms with Crippen molar-refractivity contribution < 1.29 is 18.8 Å². The molecule has 38 heavy (non-hydrogen) atoms. The molecule has 0 unspecified atom stereocenters. The summed E-state index contributed by atoms with van der Waals surface area (Å²) in [6.45, 7) is 1.62. The van der Waals surface area contributed by atoms with Gasteiger partial charge in [0.05, 0.1) is 16.9 Å². The van der Waals surface area contributed by atoms with Gasteiger partial charge in [-0.05, 0) is 66.5 Å². The Morgan fingerprint density at radius 1 is 1.08 bits per heavy atom. The number of rotatable bonds is 4. The van der Waals surface area contributed by atoms with Crippen LogP contribution in [-0.2, 0) is 14.4 Å². The van der Waals surface area contributed by atoms with Crippen LogP contribution in [0.4, 0.5) is 10.1 Å². The van der Waals surface area contributed by atoms with Crippen LogP contribution in [0.15, 0.2) is 58.4 Å². The first kappa shape index (κ1) is 23.8. The number of aromatic amines is 1. The van der Waals surface area contributed by atoms with Crippen molar-refractivity contribution in [2.75, 3.05) is 11.9 Å². The molecule has 3 aromatic rings. The number of aryl methyl sites for hydroxylation is 1. The van der Waals surface area contributed by atoms with Gasteiger partial charge in [0.1, 0.15) is 12.4 Å². The lowest BCUT2D eigenvalue weighted by molar-refractivity contribution is -0.143. The normalized spacial score (nSPS) is 30.8. The third-order valence-corrected chi connectivity index (χ3v) is 11.2. The topological polar surface area (TPSA) is 99.3 Å². The Morgan fingerprint density at radius 3 is 2.55 bits per heavy atom. The number of carbonyl (C=O) groups excluding carboxylic acids is 3. The number of thioether (sulfide) groups is 1. The number of benzene rings is 2. The number of hydrogen-bond donors (Lipinski definition) is 2. The fourth-order valence-electron chi connectivity index (χ4n) is 7.34. The van der Waals surface area contributed by atoms with Crippen molar-refractivity contribution in [3.8, 4) is 0 Å². The summed E-state index contributed by atoms with van der Waals surface area (Å²) in [6, 6.07) is 13.7. The molecule has 2 aliphatic heterocycles. The van der Waals surface area contributed by atoms with Gasteiger partial charge >= 0.3 is 4.87 Å². The van der Waals surface area contributed by atoms with Crippen LogP contribution < -0.4 is 10.2 Å². The van der Waals surface area contributed by atoms with Gasteiger partial charge in [0.15, 0.2) is 0 Å². The number of carbonyl (C=O) groups is 3. The van der Waals surface area contributed by atoms with Crippen molar-refractivity contribution >= 4 is 46.5 Å². The highest BCUT2D eigenvalue weighted by molar-refractivity contribution is 8.00. The zero-order valence-electron chi connectivity index (χ0n) is 20.3. The number of thiazole rings is 1. The number of H-pyrrole nitrogens is 1. The number of nitrogens with zero attached hydrogens (tertiary/aromatic N) is 1. The van der Waals surface area contributed by atoms with E-state index in [1.165, 1.54) is 23.5 Å². The predicted molar refractivity (Wildman–Crippen MR) is 141 cm³/mol. The molecule has 2 saturated carbocycles. The number of nitrogens with one attached hydrogen (secondary N) is 2. The summed E-state index contributed by atoms with van der Waals surface area (Å²) in [5.41, 5.74) is 2.53. The molecule has 10 heteroatoms. The molecule has 2 aromatic carbocycles. The van der Waals surface area contributed by atoms with Crippen molar-refractivity contribution in [3.63, 3.8) is 0 Å². The van der Waals surface area contributed by atoms with Crippen molar-refractivity contribution in [2.24, 2.45) is 29.6 Å². The molecule has 2 bridgehead atoms. The highest BCUT2D eigenvalue weighted by Crippen LogP contribution is 2.68. The minimum Gasteiger partial charge on any atom is -0.325 e. The number of amides is 3. The van der Waals surface area contributed by atoms with Crippen LogP contribution in [-0.4, -0.2) is 39.4 Å². The average molecular weight is 550 g/mol. The summed E-state index contributed by atoms with van der Waals surface area (Å²) in [6.07, 6.45) is 0.759. The lowest BCUT2D eigenvalue weighted by Crippen LogP contribution is -2.42. The Hall–Kier alpha value is -3.24. The molecular weight excluding hydrogens is 525 g/mol. The number of hydrogen-bond acceptors (Lipinski definition) is 6. The molecule has 3 heterocycles. The van der Waals surface area contributed by atoms with E-state index in [0.717, 1.165) is 32.4 Å². The third kappa shape index (κ3) is 3.53. The summed E-state index contributed by atoms with van der Waals surface area (Å²) in [4.78, 5) is 57.2. The van der Waals surface area contributed by atoms with Crippen molar-refractivity contribution in [1.82, 2.24) is 9.88 Å². The van der Waals surface area contributed by atoms with Crippen LogP contribution in [0.5, 0.6) is 0 Å². The molecule has 0 radical (unpaired) electrons. The second-order valence-electron chi connectivity index (χ2n) is 10.7. The molecule has 0 spiro atoms. The number of likely N-dealkylation sites (tertiary alicyclic amines) is 1. The van der Waals surface area contributed by atoms with Crippen molar-refractivity contribution in [1.29, 1.82) is 0 Å². The number of fused-ring (bicyclic) bond motifs is 9. The first-order valence-corrected chi connectivity index (χ1v) is 14.4. The summed E-state index contributed by atoms with van der Waals surface area (Å²) < 4.78 is 13.8. The number of anilines is 1. The summed E-state index contributed by atoms with van der Waals surface area (Å²) >= 11 is 2.77. The SMILES string of the molecule is Cc1cccc(NC(=O)CN2C(=O)[C@H]3[C@@H]4C[C@H]([C@@H]3C2=O)[C@H]2[C@@H](c3ccc(F)cc3)c3sc(=O)[nH]c3S[C@H]42)c1. The van der Waals surface area contributed by atoms with Crippen LogP contribution in [0.2, 0.25) is 0 Å². The third-order valence-electron chi connectivity index (χ3n) is 8.65. The van der Waals surface area contributed by atoms with Gasteiger partial charge in [-0.25, -0.2) is 4.39 Å². The van der Waals surface area contributed by atoms with Crippen LogP contribution in [0.3, 0.4) is 0 Å². The molecule has 1 aromatic heterocycles. The first-order chi connectivity index (χ1) is 18.3. The smallest absolute Gasteiger partial charge is 0.305 e. The van der Waals surface area contributed by atoms with Gasteiger partial charge in [0, 0.05) is 21.7 Å². The Labute approximate surface area is 225 Å². The van der Waals surface area contributed by atoms with Crippen LogP contribution in [0.25, 0.3) is 0 Å². The maximum atomic E-state index is 13.8. The highest BCUT2D eigenvalue weighted by Gasteiger charge is 2.69. The quantitative estimate of drug-likeness (QED) is 0.480. The fourth-order valence-corrected chi connectivity index (χ4v) is 10.2. The van der Waals surface area contributed by atoms with E-state index >= 15 is 0 Å². The monoisotopic (exact) mass is 549 g/mol. The maximum Gasteiger partial charge on any atom is 0.305 e. The molecule has 2 N–H and O–H groups in total. The Bertz CT molecular complexity index is 1550. The van der Waals surface area contributed by atoms with E-state index in [-0.39, 0.29) is 58.0 Å². The largest absolute Gasteiger partial charge is 0.325 e. The van der Waals surface area contributed by atoms with E-state index in [0.29, 0.717) is 5.69 Å². The minimum absolute atomic E-state index is 0.0271. The summed E-state index contributed by atoms with van der Waals surface area (Å²) in [5.74, 6) is -2.40. The molecule has 7 nitrogen and oxygen atoms in total. The van der Waals surface area contributed by atoms with Gasteiger partial charge in [0.2, 0.25) is 17.7 Å². The lowest BCUT2D eigenvalue weighted by atomic mass is 9.68. The van der Waals surface area contributed by atoms with Crippen LogP contribution in [0.1, 0.15) is 28.3 Å². The zero-order chi connectivity index (χ0) is 26.3. The Morgan fingerprint density at radius 2 is 1.82 bits per heavy atom. The van der Waals surface area contributed by atoms with E-state index in [1.807, 2.05) is 25.1 Å². The number of halogens is 1. The van der Waals surface area contributed by atoms with Gasteiger partial charge in [-0.1, -0.05) is 35.6 Å². The lowest BCUT2D eigenvalue weighted by Gasteiger charge is -2.43. The summed E-state index contributed by atoms with van der Waals surface area (Å²) in [5, 5.41) is 3.66. The van der Waals surface area contributed by atoms with E-state index in [2.05, 4.69) is 10.3 Å². The van der Waals surface area contributed by atoms with Gasteiger partial charge in [-0.2, -0.15) is 0 Å². The molecule has 7 rings (SSSR count). The number of imide groups is 1. The van der Waals surface area contributed by atoms with Gasteiger partial charge in [-0.15, -0.1) is 11.8 Å². The second kappa shape index (κ2) is 8.64. The standard InChI is InChI=1S/C28H24FN3O4S2/c1-12-3-2-4-15(9-12)30-18(33)11-32-26(34)21-16-10-17(22(21)27(32)35)23-20(16)19(13-5-7-14(29)8-6-13)24-25(37-23)31-28(36)38-24/h2-9,16-17,19-23H,10-11H2,1H3,(H,30,33)(H,31,36)/t16-,17-,19+,20-,21-,22-,23+/m0/s1. The minimum atomic E-state index is -0.471.